The lowest BCUT2D eigenvalue weighted by Gasteiger charge is -2.12. The van der Waals surface area contributed by atoms with Crippen LogP contribution in [0.3, 0.4) is 0 Å². The van der Waals surface area contributed by atoms with Gasteiger partial charge in [-0.1, -0.05) is 55.2 Å². The van der Waals surface area contributed by atoms with Gasteiger partial charge in [-0.15, -0.1) is 0 Å². The van der Waals surface area contributed by atoms with Crippen molar-refractivity contribution in [2.45, 2.75) is 17.6 Å². The predicted molar refractivity (Wildman–Crippen MR) is 74.3 cm³/mol. The lowest BCUT2D eigenvalue weighted by Crippen LogP contribution is -2.20. The van der Waals surface area contributed by atoms with E-state index in [1.54, 1.807) is 12.1 Å². The zero-order valence-electron chi connectivity index (χ0n) is 9.51. The molecule has 3 nitrogen and oxygen atoms in total. The van der Waals surface area contributed by atoms with Crippen molar-refractivity contribution in [1.82, 2.24) is 4.98 Å². The number of nitrogens with zero attached hydrogens (tertiary/aromatic N) is 1. The maximum absolute atomic E-state index is 11.5. The maximum atomic E-state index is 11.5. The van der Waals surface area contributed by atoms with Crippen LogP contribution in [0.25, 0.3) is 5.57 Å². The molecule has 17 heavy (non-hydrogen) atoms. The quantitative estimate of drug-likeness (QED) is 0.669. The summed E-state index contributed by atoms with van der Waals surface area (Å²) in [5.41, 5.74) is 5.95. The summed E-state index contributed by atoms with van der Waals surface area (Å²) in [6, 6.07) is 3.20. The van der Waals surface area contributed by atoms with E-state index in [0.717, 1.165) is 0 Å². The first kappa shape index (κ1) is 16.2. The molecule has 0 aliphatic carbocycles. The van der Waals surface area contributed by atoms with Gasteiger partial charge in [-0.2, -0.15) is 0 Å². The number of nitrogen functional groups attached to an aromatic ring is 1. The van der Waals surface area contributed by atoms with Crippen LogP contribution in [0.4, 0.5) is 5.82 Å². The average Bonchev–Trinajstić information content (AvgIpc) is 2.29. The number of Topliss-reactive ketones (excluding diaryl/α,β-unsaturated/α-hetero) is 1. The third-order valence-electron chi connectivity index (χ3n) is 1.70. The van der Waals surface area contributed by atoms with E-state index < -0.39 is 9.58 Å². The van der Waals surface area contributed by atoms with Crippen molar-refractivity contribution in [2.75, 3.05) is 5.73 Å². The van der Waals surface area contributed by atoms with Crippen molar-refractivity contribution in [3.63, 3.8) is 0 Å². The van der Waals surface area contributed by atoms with E-state index in [0.29, 0.717) is 5.56 Å². The van der Waals surface area contributed by atoms with Crippen molar-refractivity contribution in [3.8, 4) is 0 Å². The minimum atomic E-state index is -2.03. The van der Waals surface area contributed by atoms with Gasteiger partial charge in [0.1, 0.15) is 5.82 Å². The van der Waals surface area contributed by atoms with E-state index in [4.69, 9.17) is 40.5 Å². The van der Waals surface area contributed by atoms with Crippen molar-refractivity contribution < 1.29 is 4.79 Å². The molecule has 6 heteroatoms. The number of nitrogens with two attached hydrogens (primary N) is 1. The van der Waals surface area contributed by atoms with Gasteiger partial charge in [0.2, 0.25) is 5.78 Å². The first-order valence-electron chi connectivity index (χ1n) is 4.85. The first-order chi connectivity index (χ1) is 7.84. The summed E-state index contributed by atoms with van der Waals surface area (Å²) in [5, 5.41) is 0. The molecule has 0 fully saturated rings. The molecule has 0 amide bonds. The lowest BCUT2D eigenvalue weighted by molar-refractivity contribution is -0.112. The Morgan fingerprint density at radius 1 is 1.41 bits per heavy atom. The highest BCUT2D eigenvalue weighted by Gasteiger charge is 2.33. The fourth-order valence-electron chi connectivity index (χ4n) is 0.966. The Balaban J connectivity index is 0.00000121. The fraction of sp³-hybridized carbons (Fsp3) is 0.273. The number of aromatic nitrogens is 1. The van der Waals surface area contributed by atoms with Gasteiger partial charge in [0.25, 0.3) is 3.79 Å². The molecule has 0 aliphatic rings. The van der Waals surface area contributed by atoms with E-state index in [-0.39, 0.29) is 11.4 Å². The zero-order valence-corrected chi connectivity index (χ0v) is 11.8. The number of pyridine rings is 1. The number of rotatable bonds is 2. The van der Waals surface area contributed by atoms with Crippen LogP contribution in [0, 0.1) is 0 Å². The Morgan fingerprint density at radius 2 is 1.94 bits per heavy atom. The topological polar surface area (TPSA) is 56.0 Å². The molecule has 0 unspecified atom stereocenters. The minimum absolute atomic E-state index is 0.0283. The summed E-state index contributed by atoms with van der Waals surface area (Å²) in [6.07, 6.45) is 1.49. The molecule has 0 spiro atoms. The summed E-state index contributed by atoms with van der Waals surface area (Å²) in [5.74, 6) is -0.544. The number of ketones is 1. The summed E-state index contributed by atoms with van der Waals surface area (Å²) in [4.78, 5) is 15.3. The summed E-state index contributed by atoms with van der Waals surface area (Å²) in [6.45, 7) is 7.53. The van der Waals surface area contributed by atoms with Gasteiger partial charge in [-0.05, 0) is 12.1 Å². The number of anilines is 1. The molecular weight excluding hydrogens is 282 g/mol. The molecule has 1 rings (SSSR count). The van der Waals surface area contributed by atoms with Crippen LogP contribution in [0.1, 0.15) is 19.4 Å². The second-order valence-electron chi connectivity index (χ2n) is 2.74. The maximum Gasteiger partial charge on any atom is 0.253 e. The number of carbonyl (C=O) groups excluding carboxylic acids is 1. The fourth-order valence-corrected chi connectivity index (χ4v) is 1.31. The Morgan fingerprint density at radius 3 is 2.35 bits per heavy atom. The molecule has 0 saturated heterocycles. The number of alkyl halides is 3. The molecule has 1 aromatic heterocycles. The van der Waals surface area contributed by atoms with Crippen LogP contribution in [-0.2, 0) is 4.79 Å². The Labute approximate surface area is 116 Å². The van der Waals surface area contributed by atoms with Gasteiger partial charge in [-0.3, -0.25) is 4.79 Å². The number of hydrogen-bond acceptors (Lipinski definition) is 3. The molecule has 0 aliphatic heterocycles. The van der Waals surface area contributed by atoms with Gasteiger partial charge in [0, 0.05) is 17.3 Å². The van der Waals surface area contributed by atoms with Crippen LogP contribution in [0.2, 0.25) is 0 Å². The molecule has 2 N–H and O–H groups in total. The molecular formula is C11H13Cl3N2O. The number of carbonyl (C=O) groups is 1. The largest absolute Gasteiger partial charge is 0.383 e. The molecule has 1 heterocycles. The van der Waals surface area contributed by atoms with Gasteiger partial charge < -0.3 is 5.73 Å². The molecule has 1 aromatic rings. The van der Waals surface area contributed by atoms with Gasteiger partial charge in [-0.25, -0.2) is 4.98 Å². The van der Waals surface area contributed by atoms with Crippen molar-refractivity contribution in [1.29, 1.82) is 0 Å². The number of allylic oxidation sites excluding steroid dienone is 1. The molecule has 0 saturated carbocycles. The van der Waals surface area contributed by atoms with Crippen LogP contribution < -0.4 is 5.73 Å². The van der Waals surface area contributed by atoms with E-state index in [9.17, 15) is 4.79 Å². The SMILES string of the molecule is C=C(C(=O)C(Cl)(Cl)Cl)c1cccnc1N.CC. The van der Waals surface area contributed by atoms with Crippen molar-refractivity contribution in [3.05, 3.63) is 30.5 Å². The van der Waals surface area contributed by atoms with Crippen LogP contribution in [-0.4, -0.2) is 14.6 Å². The van der Waals surface area contributed by atoms with Gasteiger partial charge in [0.15, 0.2) is 0 Å². The Hall–Kier alpha value is -0.770. The van der Waals surface area contributed by atoms with E-state index in [1.807, 2.05) is 13.8 Å². The molecule has 94 valence electrons. The predicted octanol–water partition coefficient (Wildman–Crippen LogP) is 3.64. The molecule has 0 aromatic carbocycles. The number of hydrogen-bond donors (Lipinski definition) is 1. The Kier molecular flexibility index (Phi) is 6.53. The highest BCUT2D eigenvalue weighted by atomic mass is 35.6. The molecule has 0 atom stereocenters. The smallest absolute Gasteiger partial charge is 0.253 e. The van der Waals surface area contributed by atoms with E-state index >= 15 is 0 Å². The molecule has 0 radical (unpaired) electrons. The van der Waals surface area contributed by atoms with Gasteiger partial charge >= 0.3 is 0 Å². The second-order valence-corrected chi connectivity index (χ2v) is 5.02. The summed E-state index contributed by atoms with van der Waals surface area (Å²) in [7, 11) is 0. The first-order valence-corrected chi connectivity index (χ1v) is 5.98. The Bertz CT molecular complexity index is 413. The highest BCUT2D eigenvalue weighted by molar-refractivity contribution is 6.79. The van der Waals surface area contributed by atoms with Crippen LogP contribution >= 0.6 is 34.8 Å². The van der Waals surface area contributed by atoms with E-state index in [2.05, 4.69) is 11.6 Å². The van der Waals surface area contributed by atoms with Crippen molar-refractivity contribution in [2.24, 2.45) is 0 Å². The summed E-state index contributed by atoms with van der Waals surface area (Å²) >= 11 is 16.3. The highest BCUT2D eigenvalue weighted by Crippen LogP contribution is 2.33. The summed E-state index contributed by atoms with van der Waals surface area (Å²) < 4.78 is -2.03. The zero-order chi connectivity index (χ0) is 13.6. The minimum Gasteiger partial charge on any atom is -0.383 e. The third-order valence-corrected chi connectivity index (χ3v) is 2.21. The van der Waals surface area contributed by atoms with Crippen LogP contribution in [0.5, 0.6) is 0 Å². The monoisotopic (exact) mass is 294 g/mol. The molecule has 0 bridgehead atoms. The van der Waals surface area contributed by atoms with Gasteiger partial charge in [0.05, 0.1) is 0 Å². The van der Waals surface area contributed by atoms with Crippen molar-refractivity contribution >= 4 is 52.0 Å². The van der Waals surface area contributed by atoms with E-state index in [1.165, 1.54) is 6.20 Å². The second kappa shape index (κ2) is 6.84. The normalized spacial score (nSPS) is 10.2. The lowest BCUT2D eigenvalue weighted by atomic mass is 10.1. The number of halogens is 3. The standard InChI is InChI=1S/C9H7Cl3N2O.C2H6/c1-5(7(15)9(10,11)12)6-3-2-4-14-8(6)13;1-2/h2-4H,1H2,(H2,13,14);1-2H3. The third kappa shape index (κ3) is 4.54. The average molecular weight is 296 g/mol. The van der Waals surface area contributed by atoms with Crippen LogP contribution in [0.15, 0.2) is 24.9 Å².